The molecule has 0 spiro atoms. The van der Waals surface area contributed by atoms with Gasteiger partial charge >= 0.3 is 0 Å². The number of para-hydroxylation sites is 1. The fourth-order valence-electron chi connectivity index (χ4n) is 2.72. The van der Waals surface area contributed by atoms with Crippen molar-refractivity contribution in [3.63, 3.8) is 0 Å². The Bertz CT molecular complexity index is 515. The zero-order valence-electron chi connectivity index (χ0n) is 11.8. The maximum Gasteiger partial charge on any atom is 0.246 e. The van der Waals surface area contributed by atoms with E-state index in [0.717, 1.165) is 13.1 Å². The number of anilines is 1. The summed E-state index contributed by atoms with van der Waals surface area (Å²) in [5.74, 6) is 1.17. The van der Waals surface area contributed by atoms with Crippen LogP contribution in [0.25, 0.3) is 0 Å². The van der Waals surface area contributed by atoms with Crippen LogP contribution in [0, 0.1) is 0 Å². The highest BCUT2D eigenvalue weighted by Crippen LogP contribution is 2.17. The van der Waals surface area contributed by atoms with E-state index in [4.69, 9.17) is 0 Å². The first-order valence-electron chi connectivity index (χ1n) is 7.20. The summed E-state index contributed by atoms with van der Waals surface area (Å²) in [5.41, 5.74) is 1.20. The number of carbonyl (C=O) groups is 2. The molecule has 1 unspecified atom stereocenters. The van der Waals surface area contributed by atoms with Crippen molar-refractivity contribution in [2.45, 2.75) is 6.04 Å². The first-order chi connectivity index (χ1) is 10.2. The molecule has 0 bridgehead atoms. The van der Waals surface area contributed by atoms with Crippen molar-refractivity contribution < 1.29 is 9.59 Å². The maximum atomic E-state index is 12.4. The fraction of sp³-hybridized carbons (Fsp3) is 0.467. The largest absolute Gasteiger partial charge is 0.368 e. The third-order valence-corrected chi connectivity index (χ3v) is 4.90. The van der Waals surface area contributed by atoms with Crippen LogP contribution < -0.4 is 10.2 Å². The SMILES string of the molecule is O=C1CSCC(C(=O)N2CCN(c3ccccc3)CC2)N1. The highest BCUT2D eigenvalue weighted by atomic mass is 32.2. The van der Waals surface area contributed by atoms with E-state index in [9.17, 15) is 9.59 Å². The Hall–Kier alpha value is -1.69. The summed E-state index contributed by atoms with van der Waals surface area (Å²) in [5, 5.41) is 2.79. The van der Waals surface area contributed by atoms with Gasteiger partial charge in [0.15, 0.2) is 0 Å². The molecule has 3 rings (SSSR count). The minimum Gasteiger partial charge on any atom is -0.368 e. The lowest BCUT2D eigenvalue weighted by Gasteiger charge is -2.38. The quantitative estimate of drug-likeness (QED) is 0.868. The van der Waals surface area contributed by atoms with E-state index < -0.39 is 0 Å². The number of rotatable bonds is 2. The van der Waals surface area contributed by atoms with Crippen molar-refractivity contribution in [3.8, 4) is 0 Å². The number of hydrogen-bond acceptors (Lipinski definition) is 4. The molecule has 1 N–H and O–H groups in total. The number of carbonyl (C=O) groups excluding carboxylic acids is 2. The van der Waals surface area contributed by atoms with E-state index in [2.05, 4.69) is 22.3 Å². The normalized spacial score (nSPS) is 22.9. The highest BCUT2D eigenvalue weighted by Gasteiger charge is 2.30. The van der Waals surface area contributed by atoms with Crippen molar-refractivity contribution in [1.29, 1.82) is 0 Å². The molecule has 2 fully saturated rings. The van der Waals surface area contributed by atoms with E-state index in [1.165, 1.54) is 17.4 Å². The van der Waals surface area contributed by atoms with E-state index in [-0.39, 0.29) is 17.9 Å². The highest BCUT2D eigenvalue weighted by molar-refractivity contribution is 8.00. The van der Waals surface area contributed by atoms with E-state index >= 15 is 0 Å². The van der Waals surface area contributed by atoms with Gasteiger partial charge in [0, 0.05) is 37.6 Å². The van der Waals surface area contributed by atoms with Gasteiger partial charge in [-0.25, -0.2) is 0 Å². The average Bonchev–Trinajstić information content (AvgIpc) is 2.55. The number of piperazine rings is 1. The second-order valence-corrected chi connectivity index (χ2v) is 6.31. The molecule has 2 aliphatic heterocycles. The Morgan fingerprint density at radius 3 is 2.52 bits per heavy atom. The minimum atomic E-state index is -0.348. The lowest BCUT2D eigenvalue weighted by atomic mass is 10.2. The first kappa shape index (κ1) is 14.3. The number of amides is 2. The number of nitrogens with one attached hydrogen (secondary N) is 1. The van der Waals surface area contributed by atoms with Gasteiger partial charge in [0.25, 0.3) is 0 Å². The van der Waals surface area contributed by atoms with Crippen molar-refractivity contribution in [3.05, 3.63) is 30.3 Å². The molecule has 2 amide bonds. The van der Waals surface area contributed by atoms with E-state index in [0.29, 0.717) is 24.6 Å². The van der Waals surface area contributed by atoms with Crippen LogP contribution in [0.2, 0.25) is 0 Å². The van der Waals surface area contributed by atoms with E-state index in [1.807, 2.05) is 23.1 Å². The van der Waals surface area contributed by atoms with Crippen LogP contribution in [-0.4, -0.2) is 60.4 Å². The molecule has 21 heavy (non-hydrogen) atoms. The zero-order chi connectivity index (χ0) is 14.7. The molecule has 1 aromatic rings. The monoisotopic (exact) mass is 305 g/mol. The van der Waals surface area contributed by atoms with Gasteiger partial charge in [-0.05, 0) is 12.1 Å². The standard InChI is InChI=1S/C15H19N3O2S/c19-14-11-21-10-13(16-14)15(20)18-8-6-17(7-9-18)12-4-2-1-3-5-12/h1-5,13H,6-11H2,(H,16,19). The Morgan fingerprint density at radius 1 is 1.14 bits per heavy atom. The van der Waals surface area contributed by atoms with Gasteiger partial charge in [0.1, 0.15) is 6.04 Å². The van der Waals surface area contributed by atoms with Gasteiger partial charge in [-0.1, -0.05) is 18.2 Å². The molecule has 0 aliphatic carbocycles. The molecule has 112 valence electrons. The Kier molecular flexibility index (Phi) is 4.34. The van der Waals surface area contributed by atoms with Crippen LogP contribution in [0.15, 0.2) is 30.3 Å². The lowest BCUT2D eigenvalue weighted by Crippen LogP contribution is -2.57. The third kappa shape index (κ3) is 3.32. The summed E-state index contributed by atoms with van der Waals surface area (Å²) in [6.07, 6.45) is 0. The lowest BCUT2D eigenvalue weighted by molar-refractivity contribution is -0.135. The summed E-state index contributed by atoms with van der Waals surface area (Å²) in [6, 6.07) is 9.90. The Labute approximate surface area is 128 Å². The van der Waals surface area contributed by atoms with Crippen LogP contribution in [0.1, 0.15) is 0 Å². The van der Waals surface area contributed by atoms with Crippen LogP contribution in [0.5, 0.6) is 0 Å². The van der Waals surface area contributed by atoms with Crippen LogP contribution in [0.4, 0.5) is 5.69 Å². The van der Waals surface area contributed by atoms with Crippen molar-refractivity contribution >= 4 is 29.3 Å². The molecule has 0 aromatic heterocycles. The molecule has 0 saturated carbocycles. The Morgan fingerprint density at radius 2 is 1.86 bits per heavy atom. The predicted octanol–water partition coefficient (Wildman–Crippen LogP) is 0.567. The average molecular weight is 305 g/mol. The molecule has 1 aromatic carbocycles. The molecule has 5 nitrogen and oxygen atoms in total. The van der Waals surface area contributed by atoms with Crippen molar-refractivity contribution in [1.82, 2.24) is 10.2 Å². The third-order valence-electron chi connectivity index (χ3n) is 3.86. The summed E-state index contributed by atoms with van der Waals surface area (Å²) in [7, 11) is 0. The summed E-state index contributed by atoms with van der Waals surface area (Å²) in [4.78, 5) is 28.0. The summed E-state index contributed by atoms with van der Waals surface area (Å²) >= 11 is 1.53. The zero-order valence-corrected chi connectivity index (χ0v) is 12.6. The van der Waals surface area contributed by atoms with Gasteiger partial charge in [-0.2, -0.15) is 0 Å². The molecular weight excluding hydrogens is 286 g/mol. The van der Waals surface area contributed by atoms with Crippen molar-refractivity contribution in [2.75, 3.05) is 42.6 Å². The second kappa shape index (κ2) is 6.39. The van der Waals surface area contributed by atoms with Crippen LogP contribution in [0.3, 0.4) is 0 Å². The van der Waals surface area contributed by atoms with E-state index in [1.54, 1.807) is 0 Å². The van der Waals surface area contributed by atoms with Gasteiger partial charge in [0.2, 0.25) is 11.8 Å². The number of thioether (sulfide) groups is 1. The molecule has 0 radical (unpaired) electrons. The number of nitrogens with zero attached hydrogens (tertiary/aromatic N) is 2. The smallest absolute Gasteiger partial charge is 0.246 e. The minimum absolute atomic E-state index is 0.0347. The fourth-order valence-corrected chi connectivity index (χ4v) is 3.57. The molecular formula is C15H19N3O2S. The maximum absolute atomic E-state index is 12.4. The molecule has 1 atom stereocenters. The van der Waals surface area contributed by atoms with Gasteiger partial charge in [0.05, 0.1) is 5.75 Å². The topological polar surface area (TPSA) is 52.7 Å². The summed E-state index contributed by atoms with van der Waals surface area (Å²) in [6.45, 7) is 3.10. The van der Waals surface area contributed by atoms with Gasteiger partial charge in [-0.3, -0.25) is 9.59 Å². The van der Waals surface area contributed by atoms with Crippen molar-refractivity contribution in [2.24, 2.45) is 0 Å². The molecule has 2 heterocycles. The number of benzene rings is 1. The molecule has 2 aliphatic rings. The first-order valence-corrected chi connectivity index (χ1v) is 8.35. The molecule has 2 saturated heterocycles. The predicted molar refractivity (Wildman–Crippen MR) is 84.5 cm³/mol. The second-order valence-electron chi connectivity index (χ2n) is 5.28. The van der Waals surface area contributed by atoms with Crippen LogP contribution >= 0.6 is 11.8 Å². The van der Waals surface area contributed by atoms with Gasteiger partial charge < -0.3 is 15.1 Å². The Balaban J connectivity index is 1.55. The van der Waals surface area contributed by atoms with Crippen LogP contribution in [-0.2, 0) is 9.59 Å². The molecule has 6 heteroatoms. The summed E-state index contributed by atoms with van der Waals surface area (Å²) < 4.78 is 0. The number of hydrogen-bond donors (Lipinski definition) is 1. The van der Waals surface area contributed by atoms with Gasteiger partial charge in [-0.15, -0.1) is 11.8 Å².